The van der Waals surface area contributed by atoms with E-state index in [1.165, 1.54) is 11.3 Å². The predicted octanol–water partition coefficient (Wildman–Crippen LogP) is 4.29. The first-order chi connectivity index (χ1) is 13.9. The van der Waals surface area contributed by atoms with E-state index < -0.39 is 5.97 Å². The molecule has 0 radical (unpaired) electrons. The summed E-state index contributed by atoms with van der Waals surface area (Å²) in [6.07, 6.45) is 0.158. The number of nitrogens with one attached hydrogen (secondary N) is 1. The van der Waals surface area contributed by atoms with Gasteiger partial charge in [0.05, 0.1) is 25.4 Å². The zero-order valence-electron chi connectivity index (χ0n) is 16.7. The molecule has 3 rings (SSSR count). The van der Waals surface area contributed by atoms with E-state index >= 15 is 0 Å². The SMILES string of the molecule is CCOC(=O)c1c(-c2ccccc2Cl)csc1NC(=O)CN1C[C@@H](C)O[C@@H](C)C1. The number of nitrogens with zero attached hydrogens (tertiary/aromatic N) is 1. The lowest BCUT2D eigenvalue weighted by Crippen LogP contribution is -2.48. The minimum absolute atomic E-state index is 0.0789. The molecule has 1 saturated heterocycles. The molecule has 1 aliphatic heterocycles. The van der Waals surface area contributed by atoms with Crippen molar-refractivity contribution >= 4 is 39.8 Å². The van der Waals surface area contributed by atoms with Crippen LogP contribution in [0.15, 0.2) is 29.6 Å². The van der Waals surface area contributed by atoms with Crippen LogP contribution in [0.25, 0.3) is 11.1 Å². The average molecular weight is 437 g/mol. The Balaban J connectivity index is 1.82. The van der Waals surface area contributed by atoms with Crippen molar-refractivity contribution in [2.45, 2.75) is 33.0 Å². The fourth-order valence-electron chi connectivity index (χ4n) is 3.52. The van der Waals surface area contributed by atoms with Crippen molar-refractivity contribution in [1.82, 2.24) is 4.90 Å². The minimum atomic E-state index is -0.479. The lowest BCUT2D eigenvalue weighted by Gasteiger charge is -2.34. The summed E-state index contributed by atoms with van der Waals surface area (Å²) >= 11 is 7.62. The van der Waals surface area contributed by atoms with Crippen molar-refractivity contribution < 1.29 is 19.1 Å². The monoisotopic (exact) mass is 436 g/mol. The highest BCUT2D eigenvalue weighted by Gasteiger charge is 2.26. The van der Waals surface area contributed by atoms with E-state index in [0.29, 0.717) is 34.2 Å². The van der Waals surface area contributed by atoms with E-state index in [1.807, 2.05) is 37.4 Å². The molecule has 1 N–H and O–H groups in total. The maximum absolute atomic E-state index is 12.7. The van der Waals surface area contributed by atoms with E-state index in [0.717, 1.165) is 5.56 Å². The molecule has 1 aliphatic rings. The van der Waals surface area contributed by atoms with Crippen LogP contribution in [0, 0.1) is 0 Å². The third kappa shape index (κ3) is 5.36. The summed E-state index contributed by atoms with van der Waals surface area (Å²) in [5, 5.41) is 5.71. The molecule has 0 unspecified atom stereocenters. The van der Waals surface area contributed by atoms with Gasteiger partial charge in [-0.15, -0.1) is 11.3 Å². The molecule has 6 nitrogen and oxygen atoms in total. The number of thiophene rings is 1. The Morgan fingerprint density at radius 3 is 2.59 bits per heavy atom. The number of rotatable bonds is 6. The number of anilines is 1. The maximum Gasteiger partial charge on any atom is 0.341 e. The molecule has 29 heavy (non-hydrogen) atoms. The predicted molar refractivity (Wildman–Crippen MR) is 116 cm³/mol. The number of carbonyl (C=O) groups is 2. The van der Waals surface area contributed by atoms with E-state index in [4.69, 9.17) is 21.1 Å². The van der Waals surface area contributed by atoms with Crippen molar-refractivity contribution in [3.05, 3.63) is 40.2 Å². The van der Waals surface area contributed by atoms with Crippen LogP contribution in [0.4, 0.5) is 5.00 Å². The topological polar surface area (TPSA) is 67.9 Å². The van der Waals surface area contributed by atoms with Gasteiger partial charge in [0, 0.05) is 34.6 Å². The summed E-state index contributed by atoms with van der Waals surface area (Å²) in [5.41, 5.74) is 1.72. The molecule has 1 aromatic carbocycles. The molecule has 8 heteroatoms. The van der Waals surface area contributed by atoms with Crippen molar-refractivity contribution in [2.75, 3.05) is 31.6 Å². The molecule has 1 aromatic heterocycles. The fraction of sp³-hybridized carbons (Fsp3) is 0.429. The van der Waals surface area contributed by atoms with Gasteiger partial charge in [-0.25, -0.2) is 4.79 Å². The quantitative estimate of drug-likeness (QED) is 0.684. The summed E-state index contributed by atoms with van der Waals surface area (Å²) in [4.78, 5) is 27.4. The number of ether oxygens (including phenoxy) is 2. The van der Waals surface area contributed by atoms with Crippen LogP contribution in [0.2, 0.25) is 5.02 Å². The lowest BCUT2D eigenvalue weighted by molar-refractivity contribution is -0.121. The van der Waals surface area contributed by atoms with Gasteiger partial charge in [-0.2, -0.15) is 0 Å². The van der Waals surface area contributed by atoms with Gasteiger partial charge in [-0.05, 0) is 26.8 Å². The molecule has 2 heterocycles. The van der Waals surface area contributed by atoms with Crippen LogP contribution in [0.1, 0.15) is 31.1 Å². The first kappa shape index (κ1) is 21.8. The second kappa shape index (κ2) is 9.71. The number of carbonyl (C=O) groups excluding carboxylic acids is 2. The van der Waals surface area contributed by atoms with Crippen molar-refractivity contribution in [3.8, 4) is 11.1 Å². The number of amides is 1. The standard InChI is InChI=1S/C21H25ClN2O4S/c1-4-27-21(26)19-16(15-7-5-6-8-17(15)22)12-29-20(19)23-18(25)11-24-9-13(2)28-14(3)10-24/h5-8,12-14H,4,9-11H2,1-3H3,(H,23,25)/t13-,14+. The molecular weight excluding hydrogens is 412 g/mol. The number of hydrogen-bond donors (Lipinski definition) is 1. The average Bonchev–Trinajstić information content (AvgIpc) is 3.04. The molecule has 1 amide bonds. The molecule has 2 aromatic rings. The summed E-state index contributed by atoms with van der Waals surface area (Å²) < 4.78 is 10.9. The van der Waals surface area contributed by atoms with Gasteiger partial charge in [0.25, 0.3) is 0 Å². The Bertz CT molecular complexity index is 875. The van der Waals surface area contributed by atoms with E-state index in [1.54, 1.807) is 13.0 Å². The fourth-order valence-corrected chi connectivity index (χ4v) is 4.72. The smallest absolute Gasteiger partial charge is 0.341 e. The van der Waals surface area contributed by atoms with E-state index in [9.17, 15) is 9.59 Å². The highest BCUT2D eigenvalue weighted by Crippen LogP contribution is 2.39. The number of hydrogen-bond acceptors (Lipinski definition) is 6. The maximum atomic E-state index is 12.7. The second-order valence-corrected chi connectivity index (χ2v) is 8.34. The van der Waals surface area contributed by atoms with Gasteiger partial charge < -0.3 is 14.8 Å². The van der Waals surface area contributed by atoms with Gasteiger partial charge in [-0.1, -0.05) is 29.8 Å². The number of benzene rings is 1. The van der Waals surface area contributed by atoms with Crippen molar-refractivity contribution in [2.24, 2.45) is 0 Å². The first-order valence-electron chi connectivity index (χ1n) is 9.60. The Hall–Kier alpha value is -1.93. The zero-order chi connectivity index (χ0) is 21.0. The normalized spacial score (nSPS) is 19.7. The summed E-state index contributed by atoms with van der Waals surface area (Å²) in [6, 6.07) is 7.29. The van der Waals surface area contributed by atoms with Gasteiger partial charge >= 0.3 is 5.97 Å². The summed E-state index contributed by atoms with van der Waals surface area (Å²) in [5.74, 6) is -0.656. The molecule has 0 saturated carbocycles. The van der Waals surface area contributed by atoms with Crippen LogP contribution in [-0.2, 0) is 14.3 Å². The lowest BCUT2D eigenvalue weighted by atomic mass is 10.0. The number of esters is 1. The molecular formula is C21H25ClN2O4S. The molecule has 156 valence electrons. The highest BCUT2D eigenvalue weighted by atomic mass is 35.5. The minimum Gasteiger partial charge on any atom is -0.462 e. The molecule has 0 spiro atoms. The van der Waals surface area contributed by atoms with Gasteiger partial charge in [0.15, 0.2) is 0 Å². The van der Waals surface area contributed by atoms with Crippen LogP contribution in [0.5, 0.6) is 0 Å². The molecule has 0 aliphatic carbocycles. The highest BCUT2D eigenvalue weighted by molar-refractivity contribution is 7.15. The largest absolute Gasteiger partial charge is 0.462 e. The van der Waals surface area contributed by atoms with Crippen LogP contribution in [-0.4, -0.2) is 55.2 Å². The Morgan fingerprint density at radius 2 is 1.93 bits per heavy atom. The molecule has 1 fully saturated rings. The molecule has 0 bridgehead atoms. The van der Waals surface area contributed by atoms with Gasteiger partial charge in [-0.3, -0.25) is 9.69 Å². The van der Waals surface area contributed by atoms with E-state index in [-0.39, 0.29) is 31.3 Å². The zero-order valence-corrected chi connectivity index (χ0v) is 18.3. The van der Waals surface area contributed by atoms with Crippen molar-refractivity contribution in [1.29, 1.82) is 0 Å². The molecule has 2 atom stereocenters. The second-order valence-electron chi connectivity index (χ2n) is 7.05. The third-order valence-corrected chi connectivity index (χ3v) is 5.78. The Kier molecular flexibility index (Phi) is 7.29. The number of halogens is 1. The Labute approximate surface area is 179 Å². The van der Waals surface area contributed by atoms with Crippen LogP contribution in [0.3, 0.4) is 0 Å². The van der Waals surface area contributed by atoms with E-state index in [2.05, 4.69) is 10.2 Å². The third-order valence-electron chi connectivity index (χ3n) is 4.55. The first-order valence-corrected chi connectivity index (χ1v) is 10.9. The van der Waals surface area contributed by atoms with Crippen LogP contribution >= 0.6 is 22.9 Å². The Morgan fingerprint density at radius 1 is 1.24 bits per heavy atom. The summed E-state index contributed by atoms with van der Waals surface area (Å²) in [7, 11) is 0. The number of morpholine rings is 1. The van der Waals surface area contributed by atoms with Gasteiger partial charge in [0.2, 0.25) is 5.91 Å². The van der Waals surface area contributed by atoms with Gasteiger partial charge in [0.1, 0.15) is 10.6 Å². The van der Waals surface area contributed by atoms with Crippen molar-refractivity contribution in [3.63, 3.8) is 0 Å². The summed E-state index contributed by atoms with van der Waals surface area (Å²) in [6.45, 7) is 7.60. The van der Waals surface area contributed by atoms with Crippen LogP contribution < -0.4 is 5.32 Å².